The zero-order valence-corrected chi connectivity index (χ0v) is 10.7. The number of hydrogen-bond donors (Lipinski definition) is 0. The zero-order valence-electron chi connectivity index (χ0n) is 9.84. The van der Waals surface area contributed by atoms with Crippen LogP contribution >= 0.6 is 0 Å². The number of ether oxygens (including phenoxy) is 2. The van der Waals surface area contributed by atoms with E-state index in [4.69, 9.17) is 9.47 Å². The van der Waals surface area contributed by atoms with E-state index in [-0.39, 0.29) is 11.6 Å². The smallest absolute Gasteiger partial charge is 0.245 e. The molecule has 0 bridgehead atoms. The molecule has 0 saturated carbocycles. The second-order valence-electron chi connectivity index (χ2n) is 3.85. The number of aryl methyl sites for hydroxylation is 1. The first-order valence-corrected chi connectivity index (χ1v) is 6.72. The van der Waals surface area contributed by atoms with Crippen molar-refractivity contribution in [3.05, 3.63) is 23.8 Å². The Bertz CT molecular complexity index is 506. The number of rotatable bonds is 3. The van der Waals surface area contributed by atoms with Crippen molar-refractivity contribution in [1.29, 1.82) is 0 Å². The first-order valence-electron chi connectivity index (χ1n) is 5.28. The van der Waals surface area contributed by atoms with E-state index in [1.807, 2.05) is 6.92 Å². The van der Waals surface area contributed by atoms with E-state index in [0.717, 1.165) is 5.56 Å². The van der Waals surface area contributed by atoms with Gasteiger partial charge in [0.2, 0.25) is 10.0 Å². The van der Waals surface area contributed by atoms with Gasteiger partial charge in [-0.15, -0.1) is 0 Å². The van der Waals surface area contributed by atoms with Crippen molar-refractivity contribution < 1.29 is 17.9 Å². The molecule has 0 aromatic heterocycles. The summed E-state index contributed by atoms with van der Waals surface area (Å²) in [6.07, 6.45) is 0. The first kappa shape index (κ1) is 12.3. The Kier molecular flexibility index (Phi) is 3.37. The van der Waals surface area contributed by atoms with Gasteiger partial charge >= 0.3 is 0 Å². The van der Waals surface area contributed by atoms with Gasteiger partial charge in [-0.2, -0.15) is 4.31 Å². The summed E-state index contributed by atoms with van der Waals surface area (Å²) in [5.74, 6) is 0.682. The van der Waals surface area contributed by atoms with Gasteiger partial charge in [0.25, 0.3) is 0 Å². The number of sulfonamides is 1. The Labute approximate surface area is 101 Å². The van der Waals surface area contributed by atoms with Gasteiger partial charge < -0.3 is 9.47 Å². The fraction of sp³-hybridized carbons (Fsp3) is 0.455. The molecule has 6 heteroatoms. The highest BCUT2D eigenvalue weighted by molar-refractivity contribution is 7.89. The highest BCUT2D eigenvalue weighted by atomic mass is 32.2. The van der Waals surface area contributed by atoms with Crippen LogP contribution in [0.15, 0.2) is 23.1 Å². The van der Waals surface area contributed by atoms with Gasteiger partial charge in [-0.25, -0.2) is 8.42 Å². The highest BCUT2D eigenvalue weighted by Gasteiger charge is 2.28. The summed E-state index contributed by atoms with van der Waals surface area (Å²) >= 11 is 0. The van der Waals surface area contributed by atoms with Crippen LogP contribution in [-0.2, 0) is 14.8 Å². The fourth-order valence-corrected chi connectivity index (χ4v) is 3.14. The molecule has 17 heavy (non-hydrogen) atoms. The standard InChI is InChI=1S/C11H15NO4S/c1-9-7-10(3-4-11(9)15-2)17(13,14)12-5-6-16-8-12/h3-4,7H,5-6,8H2,1-2H3. The van der Waals surface area contributed by atoms with Crippen LogP contribution in [0.25, 0.3) is 0 Å². The van der Waals surface area contributed by atoms with Gasteiger partial charge in [-0.3, -0.25) is 0 Å². The predicted molar refractivity (Wildman–Crippen MR) is 62.4 cm³/mol. The molecule has 0 N–H and O–H groups in total. The van der Waals surface area contributed by atoms with Crippen LogP contribution in [0.4, 0.5) is 0 Å². The Morgan fingerprint density at radius 1 is 1.41 bits per heavy atom. The minimum atomic E-state index is -3.43. The van der Waals surface area contributed by atoms with Crippen LogP contribution < -0.4 is 4.74 Å². The Morgan fingerprint density at radius 3 is 2.71 bits per heavy atom. The molecule has 1 fully saturated rings. The molecule has 0 unspecified atom stereocenters. The summed E-state index contributed by atoms with van der Waals surface area (Å²) in [6.45, 7) is 2.81. The van der Waals surface area contributed by atoms with Crippen LogP contribution in [0.2, 0.25) is 0 Å². The van der Waals surface area contributed by atoms with Gasteiger partial charge in [-0.1, -0.05) is 0 Å². The number of nitrogens with zero attached hydrogens (tertiary/aromatic N) is 1. The topological polar surface area (TPSA) is 55.8 Å². The van der Waals surface area contributed by atoms with Crippen LogP contribution in [0.1, 0.15) is 5.56 Å². The van der Waals surface area contributed by atoms with E-state index in [9.17, 15) is 8.42 Å². The Morgan fingerprint density at radius 2 is 2.18 bits per heavy atom. The summed E-state index contributed by atoms with van der Waals surface area (Å²) in [5.41, 5.74) is 0.800. The largest absolute Gasteiger partial charge is 0.496 e. The zero-order chi connectivity index (χ0) is 12.5. The van der Waals surface area contributed by atoms with Crippen molar-refractivity contribution in [1.82, 2.24) is 4.31 Å². The van der Waals surface area contributed by atoms with Gasteiger partial charge in [0.1, 0.15) is 12.5 Å². The summed E-state index contributed by atoms with van der Waals surface area (Å²) in [6, 6.07) is 4.84. The molecule has 0 aliphatic carbocycles. The van der Waals surface area contributed by atoms with E-state index in [2.05, 4.69) is 0 Å². The Hall–Kier alpha value is -1.11. The number of hydrogen-bond acceptors (Lipinski definition) is 4. The molecule has 0 amide bonds. The Balaban J connectivity index is 2.36. The minimum absolute atomic E-state index is 0.132. The SMILES string of the molecule is COc1ccc(S(=O)(=O)N2CCOC2)cc1C. The van der Waals surface area contributed by atoms with E-state index in [1.54, 1.807) is 25.3 Å². The molecule has 1 saturated heterocycles. The number of benzene rings is 1. The molecule has 0 atom stereocenters. The third kappa shape index (κ3) is 2.29. The summed E-state index contributed by atoms with van der Waals surface area (Å²) in [7, 11) is -1.87. The second-order valence-corrected chi connectivity index (χ2v) is 5.79. The maximum absolute atomic E-state index is 12.2. The molecule has 0 spiro atoms. The molecule has 1 aromatic carbocycles. The lowest BCUT2D eigenvalue weighted by Gasteiger charge is -2.15. The maximum Gasteiger partial charge on any atom is 0.245 e. The molecule has 1 aromatic rings. The van der Waals surface area contributed by atoms with Gasteiger partial charge in [0.05, 0.1) is 18.6 Å². The third-order valence-corrected chi connectivity index (χ3v) is 4.54. The maximum atomic E-state index is 12.2. The van der Waals surface area contributed by atoms with E-state index in [1.165, 1.54) is 4.31 Å². The van der Waals surface area contributed by atoms with Crippen LogP contribution in [0.3, 0.4) is 0 Å². The molecule has 1 heterocycles. The minimum Gasteiger partial charge on any atom is -0.496 e. The van der Waals surface area contributed by atoms with Crippen LogP contribution in [0.5, 0.6) is 5.75 Å². The van der Waals surface area contributed by atoms with Crippen molar-refractivity contribution in [2.75, 3.05) is 27.0 Å². The average Bonchev–Trinajstić information content (AvgIpc) is 2.83. The molecule has 94 valence electrons. The summed E-state index contributed by atoms with van der Waals surface area (Å²) < 4.78 is 35.9. The molecular formula is C11H15NO4S. The van der Waals surface area contributed by atoms with Crippen molar-refractivity contribution in [3.8, 4) is 5.75 Å². The molecule has 1 aliphatic heterocycles. The van der Waals surface area contributed by atoms with E-state index in [0.29, 0.717) is 18.9 Å². The first-order chi connectivity index (χ1) is 8.05. The molecule has 0 radical (unpaired) electrons. The van der Waals surface area contributed by atoms with Gasteiger partial charge in [-0.05, 0) is 30.7 Å². The molecule has 1 aliphatic rings. The molecular weight excluding hydrogens is 242 g/mol. The van der Waals surface area contributed by atoms with E-state index >= 15 is 0 Å². The van der Waals surface area contributed by atoms with Crippen molar-refractivity contribution >= 4 is 10.0 Å². The quantitative estimate of drug-likeness (QED) is 0.810. The lowest BCUT2D eigenvalue weighted by molar-refractivity contribution is 0.172. The van der Waals surface area contributed by atoms with Crippen molar-refractivity contribution in [2.45, 2.75) is 11.8 Å². The van der Waals surface area contributed by atoms with Crippen molar-refractivity contribution in [3.63, 3.8) is 0 Å². The van der Waals surface area contributed by atoms with Crippen LogP contribution in [-0.4, -0.2) is 39.7 Å². The van der Waals surface area contributed by atoms with Gasteiger partial charge in [0, 0.05) is 6.54 Å². The number of methoxy groups -OCH3 is 1. The predicted octanol–water partition coefficient (Wildman–Crippen LogP) is 0.982. The average molecular weight is 257 g/mol. The van der Waals surface area contributed by atoms with Gasteiger partial charge in [0.15, 0.2) is 0 Å². The van der Waals surface area contributed by atoms with Crippen molar-refractivity contribution in [2.24, 2.45) is 0 Å². The summed E-state index contributed by atoms with van der Waals surface area (Å²) in [4.78, 5) is 0.279. The second kappa shape index (κ2) is 4.64. The fourth-order valence-electron chi connectivity index (χ4n) is 1.75. The molecule has 5 nitrogen and oxygen atoms in total. The lowest BCUT2D eigenvalue weighted by atomic mass is 10.2. The monoisotopic (exact) mass is 257 g/mol. The molecule has 2 rings (SSSR count). The normalized spacial score (nSPS) is 17.3. The van der Waals surface area contributed by atoms with E-state index < -0.39 is 10.0 Å². The third-order valence-electron chi connectivity index (χ3n) is 2.72. The lowest BCUT2D eigenvalue weighted by Crippen LogP contribution is -2.28. The van der Waals surface area contributed by atoms with Crippen LogP contribution in [0, 0.1) is 6.92 Å². The summed E-state index contributed by atoms with van der Waals surface area (Å²) in [5, 5.41) is 0. The highest BCUT2D eigenvalue weighted by Crippen LogP contribution is 2.24.